The Morgan fingerprint density at radius 1 is 1.19 bits per heavy atom. The average molecular weight is 305 g/mol. The van der Waals surface area contributed by atoms with E-state index in [1.54, 1.807) is 18.2 Å². The number of hydrogen-bond acceptors (Lipinski definition) is 3. The highest BCUT2D eigenvalue weighted by Crippen LogP contribution is 2.23. The van der Waals surface area contributed by atoms with Crippen molar-refractivity contribution in [2.45, 2.75) is 6.42 Å². The second kappa shape index (κ2) is 7.67. The van der Waals surface area contributed by atoms with Gasteiger partial charge in [-0.2, -0.15) is 0 Å². The van der Waals surface area contributed by atoms with Gasteiger partial charge in [0, 0.05) is 5.69 Å². The van der Waals surface area contributed by atoms with E-state index in [-0.39, 0.29) is 12.5 Å². The molecule has 0 heterocycles. The lowest BCUT2D eigenvalue weighted by Gasteiger charge is -2.08. The van der Waals surface area contributed by atoms with Crippen LogP contribution < -0.4 is 11.1 Å². The van der Waals surface area contributed by atoms with Crippen LogP contribution >= 0.6 is 11.6 Å². The molecule has 0 fully saturated rings. The minimum absolute atomic E-state index is 0.00641. The number of benzene rings is 2. The Morgan fingerprint density at radius 3 is 2.67 bits per heavy atom. The molecule has 0 saturated heterocycles. The lowest BCUT2D eigenvalue weighted by molar-refractivity contribution is -0.120. The van der Waals surface area contributed by atoms with Crippen molar-refractivity contribution >= 4 is 28.9 Å². The van der Waals surface area contributed by atoms with E-state index in [0.717, 1.165) is 6.42 Å². The van der Waals surface area contributed by atoms with E-state index < -0.39 is 0 Å². The van der Waals surface area contributed by atoms with E-state index in [2.05, 4.69) is 5.32 Å². The van der Waals surface area contributed by atoms with Crippen LogP contribution in [0.2, 0.25) is 5.02 Å². The fourth-order valence-electron chi connectivity index (χ4n) is 1.82. The largest absolute Gasteiger partial charge is 0.399 e. The Balaban J connectivity index is 1.72. The van der Waals surface area contributed by atoms with E-state index in [9.17, 15) is 4.79 Å². The van der Waals surface area contributed by atoms with Gasteiger partial charge in [-0.3, -0.25) is 4.79 Å². The number of hydrogen-bond donors (Lipinski definition) is 2. The quantitative estimate of drug-likeness (QED) is 0.636. The Labute approximate surface area is 128 Å². The van der Waals surface area contributed by atoms with Gasteiger partial charge in [-0.15, -0.1) is 0 Å². The first-order valence-corrected chi connectivity index (χ1v) is 6.99. The molecule has 0 aliphatic carbocycles. The maximum Gasteiger partial charge on any atom is 0.250 e. The zero-order valence-corrected chi connectivity index (χ0v) is 12.3. The van der Waals surface area contributed by atoms with Crippen LogP contribution in [-0.2, 0) is 16.0 Å². The van der Waals surface area contributed by atoms with Crippen LogP contribution in [0.25, 0.3) is 0 Å². The predicted molar refractivity (Wildman–Crippen MR) is 85.5 cm³/mol. The monoisotopic (exact) mass is 304 g/mol. The maximum atomic E-state index is 11.7. The third-order valence-corrected chi connectivity index (χ3v) is 3.19. The van der Waals surface area contributed by atoms with E-state index in [1.165, 1.54) is 5.56 Å². The Hall–Kier alpha value is -2.04. The highest BCUT2D eigenvalue weighted by molar-refractivity contribution is 6.34. The molecule has 0 radical (unpaired) electrons. The van der Waals surface area contributed by atoms with Crippen LogP contribution in [0.3, 0.4) is 0 Å². The van der Waals surface area contributed by atoms with Gasteiger partial charge >= 0.3 is 0 Å². The number of nitrogens with two attached hydrogens (primary N) is 1. The molecule has 4 nitrogen and oxygen atoms in total. The number of halogens is 1. The molecule has 21 heavy (non-hydrogen) atoms. The minimum atomic E-state index is -0.241. The molecule has 2 aromatic rings. The molecule has 110 valence electrons. The smallest absolute Gasteiger partial charge is 0.250 e. The van der Waals surface area contributed by atoms with Gasteiger partial charge < -0.3 is 15.8 Å². The number of amides is 1. The molecule has 0 aliphatic heterocycles. The maximum absolute atomic E-state index is 11.7. The Kier molecular flexibility index (Phi) is 5.60. The average Bonchev–Trinajstić information content (AvgIpc) is 2.48. The summed E-state index contributed by atoms with van der Waals surface area (Å²) >= 11 is 5.98. The van der Waals surface area contributed by atoms with E-state index >= 15 is 0 Å². The number of carbonyl (C=O) groups excluding carboxylic acids is 1. The minimum Gasteiger partial charge on any atom is -0.399 e. The highest BCUT2D eigenvalue weighted by Gasteiger charge is 2.06. The fourth-order valence-corrected chi connectivity index (χ4v) is 2.05. The molecule has 1 amide bonds. The third kappa shape index (κ3) is 5.10. The summed E-state index contributed by atoms with van der Waals surface area (Å²) in [7, 11) is 0. The van der Waals surface area contributed by atoms with Gasteiger partial charge in [-0.05, 0) is 30.2 Å². The normalized spacial score (nSPS) is 10.3. The molecule has 3 N–H and O–H groups in total. The number of nitrogens with one attached hydrogen (secondary N) is 1. The van der Waals surface area contributed by atoms with Crippen molar-refractivity contribution in [2.75, 3.05) is 24.3 Å². The molecule has 5 heteroatoms. The molecule has 0 saturated carbocycles. The Bertz CT molecular complexity index is 602. The van der Waals surface area contributed by atoms with Crippen LogP contribution in [0.4, 0.5) is 11.4 Å². The molecule has 0 atom stereocenters. The number of ether oxygens (including phenoxy) is 1. The molecule has 2 rings (SSSR count). The molecule has 0 aromatic heterocycles. The van der Waals surface area contributed by atoms with Crippen molar-refractivity contribution in [3.63, 3.8) is 0 Å². The highest BCUT2D eigenvalue weighted by atomic mass is 35.5. The van der Waals surface area contributed by atoms with Gasteiger partial charge in [0.15, 0.2) is 0 Å². The molecule has 0 aliphatic rings. The van der Waals surface area contributed by atoms with Crippen LogP contribution in [-0.4, -0.2) is 19.1 Å². The van der Waals surface area contributed by atoms with Gasteiger partial charge in [-0.25, -0.2) is 0 Å². The number of anilines is 2. The van der Waals surface area contributed by atoms with Gasteiger partial charge in [0.05, 0.1) is 17.3 Å². The molecular formula is C16H17ClN2O2. The number of nitrogen functional groups attached to an aromatic ring is 1. The summed E-state index contributed by atoms with van der Waals surface area (Å²) in [6, 6.07) is 14.9. The first-order chi connectivity index (χ1) is 10.1. The van der Waals surface area contributed by atoms with E-state index in [0.29, 0.717) is 23.0 Å². The lowest BCUT2D eigenvalue weighted by Crippen LogP contribution is -2.19. The van der Waals surface area contributed by atoms with Crippen LogP contribution in [0.1, 0.15) is 5.56 Å². The zero-order chi connectivity index (χ0) is 15.1. The summed E-state index contributed by atoms with van der Waals surface area (Å²) in [5.74, 6) is -0.241. The second-order valence-corrected chi connectivity index (χ2v) is 4.98. The first-order valence-electron chi connectivity index (χ1n) is 6.61. The van der Waals surface area contributed by atoms with Crippen molar-refractivity contribution < 1.29 is 9.53 Å². The van der Waals surface area contributed by atoms with Gasteiger partial charge in [-0.1, -0.05) is 41.9 Å². The van der Waals surface area contributed by atoms with Crippen molar-refractivity contribution in [1.82, 2.24) is 0 Å². The van der Waals surface area contributed by atoms with Crippen molar-refractivity contribution in [2.24, 2.45) is 0 Å². The van der Waals surface area contributed by atoms with Gasteiger partial charge in [0.25, 0.3) is 0 Å². The molecule has 2 aromatic carbocycles. The topological polar surface area (TPSA) is 64.3 Å². The van der Waals surface area contributed by atoms with E-state index in [1.807, 2.05) is 30.3 Å². The first kappa shape index (κ1) is 15.4. The Morgan fingerprint density at radius 2 is 1.95 bits per heavy atom. The summed E-state index contributed by atoms with van der Waals surface area (Å²) in [4.78, 5) is 11.7. The predicted octanol–water partition coefficient (Wildman–Crippen LogP) is 3.12. The molecular weight excluding hydrogens is 288 g/mol. The third-order valence-electron chi connectivity index (χ3n) is 2.88. The van der Waals surface area contributed by atoms with Crippen LogP contribution in [0, 0.1) is 0 Å². The fraction of sp³-hybridized carbons (Fsp3) is 0.188. The van der Waals surface area contributed by atoms with Gasteiger partial charge in [0.2, 0.25) is 5.91 Å². The SMILES string of the molecule is Nc1ccc(NC(=O)COCCc2ccccc2)c(Cl)c1. The zero-order valence-electron chi connectivity index (χ0n) is 11.5. The summed E-state index contributed by atoms with van der Waals surface area (Å²) in [5.41, 5.74) is 7.85. The molecule has 0 bridgehead atoms. The van der Waals surface area contributed by atoms with Crippen LogP contribution in [0.5, 0.6) is 0 Å². The van der Waals surface area contributed by atoms with E-state index in [4.69, 9.17) is 22.1 Å². The summed E-state index contributed by atoms with van der Waals surface area (Å²) in [5, 5.41) is 3.09. The standard InChI is InChI=1S/C16H17ClN2O2/c17-14-10-13(18)6-7-15(14)19-16(20)11-21-9-8-12-4-2-1-3-5-12/h1-7,10H,8-9,11,18H2,(H,19,20). The molecule has 0 unspecified atom stereocenters. The summed E-state index contributed by atoms with van der Waals surface area (Å²) < 4.78 is 5.36. The van der Waals surface area contributed by atoms with Crippen molar-refractivity contribution in [3.05, 3.63) is 59.1 Å². The van der Waals surface area contributed by atoms with Crippen LogP contribution in [0.15, 0.2) is 48.5 Å². The lowest BCUT2D eigenvalue weighted by atomic mass is 10.2. The number of carbonyl (C=O) groups is 1. The summed E-state index contributed by atoms with van der Waals surface area (Å²) in [6.07, 6.45) is 0.775. The second-order valence-electron chi connectivity index (χ2n) is 4.58. The molecule has 0 spiro atoms. The number of rotatable bonds is 6. The van der Waals surface area contributed by atoms with Crippen molar-refractivity contribution in [3.8, 4) is 0 Å². The van der Waals surface area contributed by atoms with Gasteiger partial charge in [0.1, 0.15) is 6.61 Å². The summed E-state index contributed by atoms with van der Waals surface area (Å²) in [6.45, 7) is 0.487. The van der Waals surface area contributed by atoms with Crippen molar-refractivity contribution in [1.29, 1.82) is 0 Å².